The maximum absolute atomic E-state index is 12.0. The van der Waals surface area contributed by atoms with Gasteiger partial charge in [0, 0.05) is 23.1 Å². The number of esters is 1. The van der Waals surface area contributed by atoms with Crippen molar-refractivity contribution in [1.29, 1.82) is 0 Å². The van der Waals surface area contributed by atoms with Gasteiger partial charge in [-0.25, -0.2) is 0 Å². The highest BCUT2D eigenvalue weighted by atomic mass is 79.9. The van der Waals surface area contributed by atoms with E-state index < -0.39 is 5.92 Å². The Balaban J connectivity index is 2.31. The number of halogens is 2. The van der Waals surface area contributed by atoms with Crippen LogP contribution >= 0.6 is 27.5 Å². The molecule has 1 aromatic carbocycles. The summed E-state index contributed by atoms with van der Waals surface area (Å²) in [6.45, 7) is 2.19. The average molecular weight is 347 g/mol. The Labute approximate surface area is 124 Å². The van der Waals surface area contributed by atoms with Crippen LogP contribution in [0.1, 0.15) is 12.0 Å². The van der Waals surface area contributed by atoms with Crippen LogP contribution in [0.4, 0.5) is 5.69 Å². The fourth-order valence-electron chi connectivity index (χ4n) is 2.20. The van der Waals surface area contributed by atoms with Crippen molar-refractivity contribution in [2.24, 2.45) is 5.92 Å². The van der Waals surface area contributed by atoms with Gasteiger partial charge < -0.3 is 9.64 Å². The summed E-state index contributed by atoms with van der Waals surface area (Å²) in [6.07, 6.45) is 0.180. The predicted molar refractivity (Wildman–Crippen MR) is 76.4 cm³/mol. The summed E-state index contributed by atoms with van der Waals surface area (Å²) in [5, 5.41) is 0.576. The summed E-state index contributed by atoms with van der Waals surface area (Å²) in [5.74, 6) is -0.840. The summed E-state index contributed by atoms with van der Waals surface area (Å²) < 4.78 is 5.47. The number of hydrogen-bond acceptors (Lipinski definition) is 3. The van der Waals surface area contributed by atoms with Gasteiger partial charge in [0.25, 0.3) is 0 Å². The third-order valence-corrected chi connectivity index (χ3v) is 4.64. The Kier molecular flexibility index (Phi) is 4.16. The second kappa shape index (κ2) is 5.51. The molecule has 19 heavy (non-hydrogen) atoms. The largest absolute Gasteiger partial charge is 0.469 e. The topological polar surface area (TPSA) is 46.6 Å². The van der Waals surface area contributed by atoms with Crippen molar-refractivity contribution in [2.45, 2.75) is 13.3 Å². The first-order chi connectivity index (χ1) is 8.95. The molecule has 1 aliphatic rings. The summed E-state index contributed by atoms with van der Waals surface area (Å²) in [4.78, 5) is 25.1. The molecule has 1 aromatic rings. The van der Waals surface area contributed by atoms with Gasteiger partial charge in [0.1, 0.15) is 0 Å². The lowest BCUT2D eigenvalue weighted by molar-refractivity contribution is -0.145. The van der Waals surface area contributed by atoms with E-state index >= 15 is 0 Å². The molecule has 0 bridgehead atoms. The molecule has 1 fully saturated rings. The number of benzene rings is 1. The minimum Gasteiger partial charge on any atom is -0.469 e. The SMILES string of the molecule is COC(=O)C1CC(=O)N(c2ccc(Br)c(Cl)c2C)C1. The number of carbonyl (C=O) groups excluding carboxylic acids is 2. The highest BCUT2D eigenvalue weighted by Gasteiger charge is 2.36. The lowest BCUT2D eigenvalue weighted by atomic mass is 10.1. The normalized spacial score (nSPS) is 18.8. The Morgan fingerprint density at radius 1 is 1.53 bits per heavy atom. The van der Waals surface area contributed by atoms with Gasteiger partial charge in [0.2, 0.25) is 5.91 Å². The quantitative estimate of drug-likeness (QED) is 0.774. The third-order valence-electron chi connectivity index (χ3n) is 3.26. The first-order valence-corrected chi connectivity index (χ1v) is 6.95. The molecule has 1 aliphatic heterocycles. The molecule has 0 radical (unpaired) electrons. The third kappa shape index (κ3) is 2.62. The van der Waals surface area contributed by atoms with Gasteiger partial charge in [0.15, 0.2) is 0 Å². The molecule has 102 valence electrons. The van der Waals surface area contributed by atoms with Crippen LogP contribution in [-0.4, -0.2) is 25.5 Å². The molecule has 2 rings (SSSR count). The number of anilines is 1. The maximum Gasteiger partial charge on any atom is 0.311 e. The van der Waals surface area contributed by atoms with Gasteiger partial charge in [-0.15, -0.1) is 0 Å². The first kappa shape index (κ1) is 14.3. The standard InChI is InChI=1S/C13H13BrClNO3/c1-7-10(4-3-9(14)12(7)15)16-6-8(5-11(16)17)13(18)19-2/h3-4,8H,5-6H2,1-2H3. The van der Waals surface area contributed by atoms with E-state index in [0.717, 1.165) is 15.7 Å². The second-order valence-corrected chi connectivity index (χ2v) is 5.67. The minimum atomic E-state index is -0.403. The summed E-state index contributed by atoms with van der Waals surface area (Å²) in [5.41, 5.74) is 1.56. The molecule has 1 saturated heterocycles. The fourth-order valence-corrected chi connectivity index (χ4v) is 2.79. The summed E-state index contributed by atoms with van der Waals surface area (Å²) >= 11 is 9.50. The summed E-state index contributed by atoms with van der Waals surface area (Å²) in [6, 6.07) is 3.62. The molecular formula is C13H13BrClNO3. The number of amides is 1. The number of rotatable bonds is 2. The number of hydrogen-bond donors (Lipinski definition) is 0. The summed E-state index contributed by atoms with van der Waals surface area (Å²) in [7, 11) is 1.33. The average Bonchev–Trinajstić information content (AvgIpc) is 2.77. The van der Waals surface area contributed by atoms with E-state index in [-0.39, 0.29) is 18.3 Å². The van der Waals surface area contributed by atoms with E-state index in [4.69, 9.17) is 11.6 Å². The predicted octanol–water partition coefficient (Wildman–Crippen LogP) is 2.94. The van der Waals surface area contributed by atoms with Crippen LogP contribution in [0.15, 0.2) is 16.6 Å². The zero-order valence-corrected chi connectivity index (χ0v) is 12.9. The van der Waals surface area contributed by atoms with Crippen LogP contribution in [0, 0.1) is 12.8 Å². The van der Waals surface area contributed by atoms with Crippen molar-refractivity contribution < 1.29 is 14.3 Å². The Morgan fingerprint density at radius 2 is 2.21 bits per heavy atom. The van der Waals surface area contributed by atoms with E-state index in [9.17, 15) is 9.59 Å². The van der Waals surface area contributed by atoms with Crippen LogP contribution in [0.3, 0.4) is 0 Å². The highest BCUT2D eigenvalue weighted by molar-refractivity contribution is 9.10. The van der Waals surface area contributed by atoms with E-state index in [1.54, 1.807) is 11.0 Å². The Morgan fingerprint density at radius 3 is 2.84 bits per heavy atom. The highest BCUT2D eigenvalue weighted by Crippen LogP contribution is 2.35. The van der Waals surface area contributed by atoms with Gasteiger partial charge in [-0.3, -0.25) is 9.59 Å². The molecule has 1 heterocycles. The van der Waals surface area contributed by atoms with Gasteiger partial charge >= 0.3 is 5.97 Å². The Hall–Kier alpha value is -1.07. The van der Waals surface area contributed by atoms with Crippen molar-refractivity contribution in [3.63, 3.8) is 0 Å². The number of methoxy groups -OCH3 is 1. The van der Waals surface area contributed by atoms with Crippen molar-refractivity contribution in [3.8, 4) is 0 Å². The van der Waals surface area contributed by atoms with Gasteiger partial charge in [-0.1, -0.05) is 11.6 Å². The molecule has 0 aliphatic carbocycles. The van der Waals surface area contributed by atoms with E-state index in [2.05, 4.69) is 20.7 Å². The molecule has 6 heteroatoms. The number of nitrogens with zero attached hydrogens (tertiary/aromatic N) is 1. The number of carbonyl (C=O) groups is 2. The Bertz CT molecular complexity index is 547. The molecule has 1 unspecified atom stereocenters. The van der Waals surface area contributed by atoms with Crippen molar-refractivity contribution in [2.75, 3.05) is 18.6 Å². The number of ether oxygens (including phenoxy) is 1. The molecule has 1 atom stereocenters. The minimum absolute atomic E-state index is 0.0862. The smallest absolute Gasteiger partial charge is 0.311 e. The molecular weight excluding hydrogens is 334 g/mol. The van der Waals surface area contributed by atoms with Crippen molar-refractivity contribution >= 4 is 45.1 Å². The first-order valence-electron chi connectivity index (χ1n) is 5.78. The lowest BCUT2D eigenvalue weighted by Crippen LogP contribution is -2.26. The molecule has 1 amide bonds. The van der Waals surface area contributed by atoms with E-state index in [0.29, 0.717) is 11.6 Å². The zero-order valence-electron chi connectivity index (χ0n) is 10.6. The molecule has 0 N–H and O–H groups in total. The van der Waals surface area contributed by atoms with Crippen molar-refractivity contribution in [3.05, 3.63) is 27.2 Å². The van der Waals surface area contributed by atoms with Crippen LogP contribution in [0.2, 0.25) is 5.02 Å². The zero-order chi connectivity index (χ0) is 14.2. The second-order valence-electron chi connectivity index (χ2n) is 4.43. The fraction of sp³-hybridized carbons (Fsp3) is 0.385. The van der Waals surface area contributed by atoms with Crippen LogP contribution in [0.25, 0.3) is 0 Å². The van der Waals surface area contributed by atoms with Crippen LogP contribution < -0.4 is 4.90 Å². The maximum atomic E-state index is 12.0. The lowest BCUT2D eigenvalue weighted by Gasteiger charge is -2.20. The molecule has 0 aromatic heterocycles. The van der Waals surface area contributed by atoms with Crippen molar-refractivity contribution in [1.82, 2.24) is 0 Å². The van der Waals surface area contributed by atoms with E-state index in [1.807, 2.05) is 13.0 Å². The van der Waals surface area contributed by atoms with Crippen LogP contribution in [-0.2, 0) is 14.3 Å². The molecule has 0 spiro atoms. The monoisotopic (exact) mass is 345 g/mol. The van der Waals surface area contributed by atoms with Gasteiger partial charge in [-0.2, -0.15) is 0 Å². The molecule has 0 saturated carbocycles. The molecule has 4 nitrogen and oxygen atoms in total. The van der Waals surface area contributed by atoms with Gasteiger partial charge in [0.05, 0.1) is 18.1 Å². The van der Waals surface area contributed by atoms with Crippen LogP contribution in [0.5, 0.6) is 0 Å². The van der Waals surface area contributed by atoms with E-state index in [1.165, 1.54) is 7.11 Å². The van der Waals surface area contributed by atoms with Gasteiger partial charge in [-0.05, 0) is 40.5 Å².